The fourth-order valence-corrected chi connectivity index (χ4v) is 4.60. The number of hydrogen-bond donors (Lipinski definition) is 1. The Hall–Kier alpha value is -2.96. The standard InChI is InChI=1S/C21H21FN2O5S/c1-30(27,28)29-20(18-6-3-11-24(18)21(25)26)19(16-4-2-5-17(22)12-16)15-9-7-14(13-23)8-10-15/h2,4-5,7-10,12,18-20H,3,6,11H2,1H3,(H,25,26). The molecule has 0 spiro atoms. The first-order valence-electron chi connectivity index (χ1n) is 9.33. The lowest BCUT2D eigenvalue weighted by Crippen LogP contribution is -2.47. The molecule has 1 fully saturated rings. The predicted molar refractivity (Wildman–Crippen MR) is 107 cm³/mol. The second kappa shape index (κ2) is 8.81. The van der Waals surface area contributed by atoms with Gasteiger partial charge in [0.05, 0.1) is 23.9 Å². The Kier molecular flexibility index (Phi) is 6.39. The summed E-state index contributed by atoms with van der Waals surface area (Å²) >= 11 is 0. The molecule has 0 radical (unpaired) electrons. The Labute approximate surface area is 174 Å². The molecule has 1 saturated heterocycles. The molecule has 2 aromatic carbocycles. The van der Waals surface area contributed by atoms with E-state index >= 15 is 0 Å². The van der Waals surface area contributed by atoms with E-state index in [4.69, 9.17) is 9.44 Å². The maximum Gasteiger partial charge on any atom is 0.407 e. The van der Waals surface area contributed by atoms with Crippen LogP contribution in [0.5, 0.6) is 0 Å². The van der Waals surface area contributed by atoms with E-state index in [9.17, 15) is 22.7 Å². The van der Waals surface area contributed by atoms with Gasteiger partial charge < -0.3 is 10.0 Å². The maximum atomic E-state index is 14.0. The van der Waals surface area contributed by atoms with E-state index in [1.165, 1.54) is 23.1 Å². The first kappa shape index (κ1) is 21.7. The van der Waals surface area contributed by atoms with E-state index in [-0.39, 0.29) is 6.54 Å². The van der Waals surface area contributed by atoms with Crippen molar-refractivity contribution in [2.24, 2.45) is 0 Å². The number of rotatable bonds is 6. The minimum Gasteiger partial charge on any atom is -0.465 e. The van der Waals surface area contributed by atoms with Crippen molar-refractivity contribution in [1.29, 1.82) is 5.26 Å². The van der Waals surface area contributed by atoms with Gasteiger partial charge >= 0.3 is 6.09 Å². The third kappa shape index (κ3) is 4.96. The van der Waals surface area contributed by atoms with E-state index in [0.717, 1.165) is 6.26 Å². The van der Waals surface area contributed by atoms with Crippen LogP contribution in [0, 0.1) is 17.1 Å². The molecule has 1 N–H and O–H groups in total. The topological polar surface area (TPSA) is 108 Å². The number of benzene rings is 2. The summed E-state index contributed by atoms with van der Waals surface area (Å²) in [6, 6.07) is 13.4. The van der Waals surface area contributed by atoms with Gasteiger partial charge in [-0.05, 0) is 48.2 Å². The molecule has 9 heteroatoms. The summed E-state index contributed by atoms with van der Waals surface area (Å²) < 4.78 is 43.7. The second-order valence-corrected chi connectivity index (χ2v) is 8.82. The first-order chi connectivity index (χ1) is 14.2. The summed E-state index contributed by atoms with van der Waals surface area (Å²) in [5, 5.41) is 18.7. The third-order valence-corrected chi connectivity index (χ3v) is 5.72. The Bertz CT molecular complexity index is 1070. The van der Waals surface area contributed by atoms with Crippen LogP contribution in [-0.4, -0.2) is 49.5 Å². The smallest absolute Gasteiger partial charge is 0.407 e. The summed E-state index contributed by atoms with van der Waals surface area (Å²) in [6.45, 7) is 0.257. The summed E-state index contributed by atoms with van der Waals surface area (Å²) in [5.41, 5.74) is 1.45. The number of carbonyl (C=O) groups is 1. The van der Waals surface area contributed by atoms with E-state index in [0.29, 0.717) is 29.5 Å². The zero-order chi connectivity index (χ0) is 21.9. The quantitative estimate of drug-likeness (QED) is 0.702. The van der Waals surface area contributed by atoms with E-state index in [1.54, 1.807) is 30.3 Å². The molecule has 3 atom stereocenters. The zero-order valence-corrected chi connectivity index (χ0v) is 17.0. The molecule has 1 heterocycles. The highest BCUT2D eigenvalue weighted by molar-refractivity contribution is 7.86. The van der Waals surface area contributed by atoms with Crippen molar-refractivity contribution in [3.05, 3.63) is 71.0 Å². The van der Waals surface area contributed by atoms with Gasteiger partial charge in [-0.1, -0.05) is 24.3 Å². The van der Waals surface area contributed by atoms with Crippen molar-refractivity contribution in [2.75, 3.05) is 12.8 Å². The number of hydrogen-bond acceptors (Lipinski definition) is 5. The van der Waals surface area contributed by atoms with E-state index in [2.05, 4.69) is 0 Å². The molecule has 1 aliphatic heterocycles. The van der Waals surface area contributed by atoms with Gasteiger partial charge in [0.1, 0.15) is 11.9 Å². The monoisotopic (exact) mass is 432 g/mol. The summed E-state index contributed by atoms with van der Waals surface area (Å²) in [4.78, 5) is 12.9. The largest absolute Gasteiger partial charge is 0.465 e. The number of halogens is 1. The van der Waals surface area contributed by atoms with Gasteiger partial charge in [-0.2, -0.15) is 13.7 Å². The highest BCUT2D eigenvalue weighted by Crippen LogP contribution is 2.37. The molecule has 30 heavy (non-hydrogen) atoms. The second-order valence-electron chi connectivity index (χ2n) is 7.22. The van der Waals surface area contributed by atoms with Crippen molar-refractivity contribution in [3.8, 4) is 6.07 Å². The summed E-state index contributed by atoms with van der Waals surface area (Å²) in [6.07, 6.45) is -0.398. The van der Waals surface area contributed by atoms with Gasteiger partial charge in [0.15, 0.2) is 0 Å². The normalized spacial score (nSPS) is 18.6. The molecular formula is C21H21FN2O5S. The molecule has 0 aromatic heterocycles. The van der Waals surface area contributed by atoms with Crippen molar-refractivity contribution in [2.45, 2.75) is 30.9 Å². The van der Waals surface area contributed by atoms with Crippen molar-refractivity contribution in [1.82, 2.24) is 4.90 Å². The molecule has 0 aliphatic carbocycles. The van der Waals surface area contributed by atoms with Gasteiger partial charge in [-0.15, -0.1) is 0 Å². The Morgan fingerprint density at radius 2 is 1.97 bits per heavy atom. The molecule has 7 nitrogen and oxygen atoms in total. The Morgan fingerprint density at radius 3 is 2.53 bits per heavy atom. The van der Waals surface area contributed by atoms with Crippen LogP contribution in [0.3, 0.4) is 0 Å². The molecule has 1 aliphatic rings. The average molecular weight is 432 g/mol. The number of nitrogens with zero attached hydrogens (tertiary/aromatic N) is 2. The van der Waals surface area contributed by atoms with Crippen LogP contribution in [0.4, 0.5) is 9.18 Å². The lowest BCUT2D eigenvalue weighted by Gasteiger charge is -2.35. The molecule has 3 rings (SSSR count). The molecule has 3 unspecified atom stereocenters. The van der Waals surface area contributed by atoms with Crippen LogP contribution in [0.2, 0.25) is 0 Å². The van der Waals surface area contributed by atoms with Crippen molar-refractivity contribution < 1.29 is 26.9 Å². The molecular weight excluding hydrogens is 411 g/mol. The number of nitriles is 1. The van der Waals surface area contributed by atoms with Crippen LogP contribution < -0.4 is 0 Å². The van der Waals surface area contributed by atoms with Crippen LogP contribution in [0.1, 0.15) is 35.4 Å². The van der Waals surface area contributed by atoms with Crippen LogP contribution >= 0.6 is 0 Å². The van der Waals surface area contributed by atoms with E-state index < -0.39 is 40.1 Å². The summed E-state index contributed by atoms with van der Waals surface area (Å²) in [7, 11) is -3.96. The van der Waals surface area contributed by atoms with Gasteiger partial charge in [-0.25, -0.2) is 9.18 Å². The molecule has 0 bridgehead atoms. The lowest BCUT2D eigenvalue weighted by atomic mass is 9.82. The first-order valence-corrected chi connectivity index (χ1v) is 11.1. The minimum absolute atomic E-state index is 0.257. The maximum absolute atomic E-state index is 14.0. The van der Waals surface area contributed by atoms with Gasteiger partial charge in [0.2, 0.25) is 0 Å². The van der Waals surface area contributed by atoms with Crippen molar-refractivity contribution >= 4 is 16.2 Å². The molecule has 2 aromatic rings. The third-order valence-electron chi connectivity index (χ3n) is 5.15. The van der Waals surface area contributed by atoms with Crippen molar-refractivity contribution in [3.63, 3.8) is 0 Å². The fraction of sp³-hybridized carbons (Fsp3) is 0.333. The van der Waals surface area contributed by atoms with Gasteiger partial charge in [0, 0.05) is 12.5 Å². The SMILES string of the molecule is CS(=O)(=O)OC(C(c1ccc(C#N)cc1)c1cccc(F)c1)C1CCCN1C(=O)O. The lowest BCUT2D eigenvalue weighted by molar-refractivity contribution is 0.0777. The van der Waals surface area contributed by atoms with Crippen LogP contribution in [-0.2, 0) is 14.3 Å². The predicted octanol–water partition coefficient (Wildman–Crippen LogP) is 3.32. The van der Waals surface area contributed by atoms with Crippen LogP contribution in [0.15, 0.2) is 48.5 Å². The molecule has 1 amide bonds. The zero-order valence-electron chi connectivity index (χ0n) is 16.2. The molecule has 0 saturated carbocycles. The number of carboxylic acid groups (broad SMARTS) is 1. The van der Waals surface area contributed by atoms with Crippen LogP contribution in [0.25, 0.3) is 0 Å². The van der Waals surface area contributed by atoms with Gasteiger partial charge in [-0.3, -0.25) is 4.18 Å². The highest BCUT2D eigenvalue weighted by atomic mass is 32.2. The number of amides is 1. The minimum atomic E-state index is -3.96. The average Bonchev–Trinajstić information content (AvgIpc) is 3.17. The number of likely N-dealkylation sites (tertiary alicyclic amines) is 1. The fourth-order valence-electron chi connectivity index (χ4n) is 3.95. The van der Waals surface area contributed by atoms with E-state index in [1.807, 2.05) is 6.07 Å². The molecule has 158 valence electrons. The van der Waals surface area contributed by atoms with Gasteiger partial charge in [0.25, 0.3) is 10.1 Å². The summed E-state index contributed by atoms with van der Waals surface area (Å²) in [5.74, 6) is -1.28. The highest BCUT2D eigenvalue weighted by Gasteiger charge is 2.42. The Morgan fingerprint density at radius 1 is 1.27 bits per heavy atom. The Balaban J connectivity index is 2.17.